The van der Waals surface area contributed by atoms with Gasteiger partial charge in [0.25, 0.3) is 0 Å². The van der Waals surface area contributed by atoms with Gasteiger partial charge in [0.1, 0.15) is 5.75 Å². The Labute approximate surface area is 179 Å². The predicted molar refractivity (Wildman–Crippen MR) is 111 cm³/mol. The van der Waals surface area contributed by atoms with Gasteiger partial charge in [0, 0.05) is 16.3 Å². The molecule has 1 aliphatic rings. The third-order valence-electron chi connectivity index (χ3n) is 5.03. The number of aromatic nitrogens is 2. The number of halogens is 2. The van der Waals surface area contributed by atoms with Gasteiger partial charge in [-0.2, -0.15) is 13.8 Å². The Hall–Kier alpha value is -2.62. The zero-order valence-electron chi connectivity index (χ0n) is 15.7. The fourth-order valence-corrected chi connectivity index (χ4v) is 5.55. The second-order valence-electron chi connectivity index (χ2n) is 6.82. The van der Waals surface area contributed by atoms with Crippen molar-refractivity contribution in [2.24, 2.45) is 0 Å². The number of ether oxygens (including phenoxy) is 1. The summed E-state index contributed by atoms with van der Waals surface area (Å²) in [4.78, 5) is 9.46. The monoisotopic (exact) mass is 445 g/mol. The van der Waals surface area contributed by atoms with E-state index in [0.717, 1.165) is 13.0 Å². The van der Waals surface area contributed by atoms with E-state index in [1.165, 1.54) is 21.4 Å². The standard InChI is InChI=1S/C21H17F2N3O2S2/c22-21(23)27-15-5-2-1-4-13(15)20-24-18(28-25-20)12-26-9-7-16-14(8-11-30-16)19(26)17-6-3-10-29-17/h1-6,8,10-11,19,21H,7,9,12H2. The normalized spacial score (nSPS) is 16.7. The van der Waals surface area contributed by atoms with Crippen LogP contribution in [-0.2, 0) is 13.0 Å². The quantitative estimate of drug-likeness (QED) is 0.386. The van der Waals surface area contributed by atoms with E-state index in [2.05, 4.69) is 48.7 Å². The fraction of sp³-hybridized carbons (Fsp3) is 0.238. The molecule has 4 aromatic rings. The molecule has 0 aliphatic carbocycles. The molecule has 4 heterocycles. The van der Waals surface area contributed by atoms with E-state index in [1.54, 1.807) is 40.9 Å². The molecule has 3 aromatic heterocycles. The lowest BCUT2D eigenvalue weighted by molar-refractivity contribution is -0.0494. The molecule has 0 bridgehead atoms. The van der Waals surface area contributed by atoms with Gasteiger partial charge in [-0.3, -0.25) is 4.90 Å². The van der Waals surface area contributed by atoms with Gasteiger partial charge in [-0.25, -0.2) is 0 Å². The van der Waals surface area contributed by atoms with Gasteiger partial charge < -0.3 is 9.26 Å². The highest BCUT2D eigenvalue weighted by atomic mass is 32.1. The molecule has 1 unspecified atom stereocenters. The molecule has 0 radical (unpaired) electrons. The fourth-order valence-electron chi connectivity index (χ4n) is 3.77. The molecule has 30 heavy (non-hydrogen) atoms. The van der Waals surface area contributed by atoms with Crippen LogP contribution in [0.3, 0.4) is 0 Å². The number of nitrogens with zero attached hydrogens (tertiary/aromatic N) is 3. The van der Waals surface area contributed by atoms with Gasteiger partial charge in [-0.1, -0.05) is 23.4 Å². The lowest BCUT2D eigenvalue weighted by Gasteiger charge is -2.34. The minimum Gasteiger partial charge on any atom is -0.434 e. The largest absolute Gasteiger partial charge is 0.434 e. The molecule has 0 saturated carbocycles. The summed E-state index contributed by atoms with van der Waals surface area (Å²) in [7, 11) is 0. The highest BCUT2D eigenvalue weighted by Crippen LogP contribution is 2.40. The average molecular weight is 446 g/mol. The first-order valence-electron chi connectivity index (χ1n) is 9.39. The van der Waals surface area contributed by atoms with Crippen molar-refractivity contribution in [3.05, 3.63) is 74.4 Å². The number of para-hydroxylation sites is 1. The summed E-state index contributed by atoms with van der Waals surface area (Å²) in [5.74, 6) is 0.705. The molecular weight excluding hydrogens is 428 g/mol. The van der Waals surface area contributed by atoms with Crippen molar-refractivity contribution < 1.29 is 18.0 Å². The summed E-state index contributed by atoms with van der Waals surface area (Å²) in [6.45, 7) is -1.57. The maximum atomic E-state index is 12.7. The van der Waals surface area contributed by atoms with Gasteiger partial charge in [0.05, 0.1) is 18.2 Å². The molecule has 0 saturated heterocycles. The average Bonchev–Trinajstić information content (AvgIpc) is 3.50. The van der Waals surface area contributed by atoms with Gasteiger partial charge >= 0.3 is 6.61 Å². The first-order chi connectivity index (χ1) is 14.7. The number of fused-ring (bicyclic) bond motifs is 1. The van der Waals surface area contributed by atoms with Crippen LogP contribution >= 0.6 is 22.7 Å². The molecule has 1 aromatic carbocycles. The van der Waals surface area contributed by atoms with E-state index >= 15 is 0 Å². The van der Waals surface area contributed by atoms with Crippen molar-refractivity contribution in [2.75, 3.05) is 6.54 Å². The summed E-state index contributed by atoms with van der Waals surface area (Å²) in [5, 5.41) is 8.23. The zero-order chi connectivity index (χ0) is 20.5. The van der Waals surface area contributed by atoms with Crippen LogP contribution in [0.2, 0.25) is 0 Å². The zero-order valence-corrected chi connectivity index (χ0v) is 17.3. The summed E-state index contributed by atoms with van der Waals surface area (Å²) < 4.78 is 35.5. The van der Waals surface area contributed by atoms with E-state index < -0.39 is 6.61 Å². The molecule has 1 atom stereocenters. The van der Waals surface area contributed by atoms with Crippen molar-refractivity contribution in [1.29, 1.82) is 0 Å². The van der Waals surface area contributed by atoms with Crippen LogP contribution < -0.4 is 4.74 Å². The van der Waals surface area contributed by atoms with Crippen LogP contribution in [0, 0.1) is 0 Å². The molecule has 0 fully saturated rings. The molecule has 9 heteroatoms. The number of rotatable bonds is 6. The van der Waals surface area contributed by atoms with Crippen LogP contribution in [0.4, 0.5) is 8.78 Å². The number of benzene rings is 1. The smallest absolute Gasteiger partial charge is 0.387 e. The molecule has 0 amide bonds. The van der Waals surface area contributed by atoms with Crippen molar-refractivity contribution in [1.82, 2.24) is 15.0 Å². The second kappa shape index (κ2) is 8.25. The Bertz CT molecular complexity index is 1130. The highest BCUT2D eigenvalue weighted by molar-refractivity contribution is 7.10. The van der Waals surface area contributed by atoms with Crippen LogP contribution in [0.25, 0.3) is 11.4 Å². The number of alkyl halides is 2. The first kappa shape index (κ1) is 19.3. The van der Waals surface area contributed by atoms with Gasteiger partial charge in [-0.05, 0) is 47.0 Å². The topological polar surface area (TPSA) is 51.4 Å². The predicted octanol–water partition coefficient (Wildman–Crippen LogP) is 5.61. The Morgan fingerprint density at radius 2 is 2.03 bits per heavy atom. The molecular formula is C21H17F2N3O2S2. The first-order valence-corrected chi connectivity index (χ1v) is 11.2. The van der Waals surface area contributed by atoms with Gasteiger partial charge in [-0.15, -0.1) is 22.7 Å². The Kier molecular flexibility index (Phi) is 5.32. The maximum absolute atomic E-state index is 12.7. The Morgan fingerprint density at radius 1 is 1.13 bits per heavy atom. The molecule has 0 spiro atoms. The summed E-state index contributed by atoms with van der Waals surface area (Å²) in [5.41, 5.74) is 1.70. The minimum atomic E-state index is -2.92. The van der Waals surface area contributed by atoms with Crippen LogP contribution in [-0.4, -0.2) is 28.2 Å². The molecule has 0 N–H and O–H groups in total. The van der Waals surface area contributed by atoms with Gasteiger partial charge in [0.2, 0.25) is 11.7 Å². The van der Waals surface area contributed by atoms with E-state index in [9.17, 15) is 8.78 Å². The molecule has 1 aliphatic heterocycles. The second-order valence-corrected chi connectivity index (χ2v) is 8.80. The molecule has 5 nitrogen and oxygen atoms in total. The highest BCUT2D eigenvalue weighted by Gasteiger charge is 2.31. The van der Waals surface area contributed by atoms with Crippen molar-refractivity contribution in [3.8, 4) is 17.1 Å². The maximum Gasteiger partial charge on any atom is 0.387 e. The van der Waals surface area contributed by atoms with E-state index in [4.69, 9.17) is 4.52 Å². The summed E-state index contributed by atoms with van der Waals surface area (Å²) >= 11 is 3.52. The van der Waals surface area contributed by atoms with Crippen LogP contribution in [0.15, 0.2) is 57.7 Å². The van der Waals surface area contributed by atoms with Crippen LogP contribution in [0.5, 0.6) is 5.75 Å². The molecule has 154 valence electrons. The Balaban J connectivity index is 1.42. The molecule has 5 rings (SSSR count). The van der Waals surface area contributed by atoms with Crippen molar-refractivity contribution in [2.45, 2.75) is 25.6 Å². The lowest BCUT2D eigenvalue weighted by atomic mass is 9.98. The third-order valence-corrected chi connectivity index (χ3v) is 6.95. The number of hydrogen-bond donors (Lipinski definition) is 0. The minimum absolute atomic E-state index is 0.0252. The van der Waals surface area contributed by atoms with Crippen molar-refractivity contribution in [3.63, 3.8) is 0 Å². The van der Waals surface area contributed by atoms with E-state index in [1.807, 2.05) is 0 Å². The van der Waals surface area contributed by atoms with E-state index in [0.29, 0.717) is 18.0 Å². The summed E-state index contributed by atoms with van der Waals surface area (Å²) in [6, 6.07) is 13.0. The van der Waals surface area contributed by atoms with Gasteiger partial charge in [0.15, 0.2) is 0 Å². The summed E-state index contributed by atoms with van der Waals surface area (Å²) in [6.07, 6.45) is 0.973. The third kappa shape index (κ3) is 3.76. The van der Waals surface area contributed by atoms with E-state index in [-0.39, 0.29) is 17.6 Å². The number of hydrogen-bond acceptors (Lipinski definition) is 7. The van der Waals surface area contributed by atoms with Crippen LogP contribution in [0.1, 0.15) is 27.3 Å². The SMILES string of the molecule is FC(F)Oc1ccccc1-c1noc(CN2CCc3sccc3C2c2cccs2)n1. The van der Waals surface area contributed by atoms with Crippen molar-refractivity contribution >= 4 is 22.7 Å². The Morgan fingerprint density at radius 3 is 2.87 bits per heavy atom. The lowest BCUT2D eigenvalue weighted by Crippen LogP contribution is -2.34. The number of thiophene rings is 2.